The Morgan fingerprint density at radius 2 is 1.75 bits per heavy atom. The van der Waals surface area contributed by atoms with Crippen molar-refractivity contribution in [3.8, 4) is 11.5 Å². The minimum Gasteiger partial charge on any atom is -0.425 e. The van der Waals surface area contributed by atoms with Crippen LogP contribution in [0.5, 0.6) is 11.5 Å². The largest absolute Gasteiger partial charge is 0.459 e. The molecule has 0 spiro atoms. The van der Waals surface area contributed by atoms with Gasteiger partial charge in [0.05, 0.1) is 23.7 Å². The quantitative estimate of drug-likeness (QED) is 0.0831. The number of esters is 1. The van der Waals surface area contributed by atoms with Crippen LogP contribution in [-0.4, -0.2) is 39.3 Å². The van der Waals surface area contributed by atoms with Crippen LogP contribution in [0.15, 0.2) is 78.9 Å². The number of benzene rings is 3. The number of aromatic nitrogens is 3. The molecule has 3 atom stereocenters. The van der Waals surface area contributed by atoms with E-state index in [9.17, 15) is 9.36 Å². The fourth-order valence-electron chi connectivity index (χ4n) is 4.66. The molecule has 11 nitrogen and oxygen atoms in total. The molecule has 2 aromatic heterocycles. The number of para-hydroxylation sites is 2. The highest BCUT2D eigenvalue weighted by molar-refractivity contribution is 7.52. The maximum atomic E-state index is 14.3. The van der Waals surface area contributed by atoms with Gasteiger partial charge >= 0.3 is 13.7 Å². The number of nitrogens with two attached hydrogens (primary N) is 1. The minimum absolute atomic E-state index is 0.194. The van der Waals surface area contributed by atoms with Gasteiger partial charge in [0.1, 0.15) is 35.5 Å². The number of pyridine rings is 1. The van der Waals surface area contributed by atoms with Gasteiger partial charge in [0.15, 0.2) is 5.82 Å². The molecule has 5 aromatic rings. The zero-order chi connectivity index (χ0) is 31.3. The van der Waals surface area contributed by atoms with Crippen molar-refractivity contribution in [1.82, 2.24) is 19.6 Å². The first-order chi connectivity index (χ1) is 21.2. The first-order valence-corrected chi connectivity index (χ1v) is 16.0. The Balaban J connectivity index is 1.45. The number of nitrogens with one attached hydrogen (secondary N) is 1. The van der Waals surface area contributed by atoms with E-state index in [2.05, 4.69) is 10.1 Å². The number of imidazole rings is 1. The fraction of sp³-hybridized carbons (Fsp3) is 0.258. The van der Waals surface area contributed by atoms with Crippen LogP contribution in [0.3, 0.4) is 0 Å². The molecule has 5 rings (SSSR count). The Morgan fingerprint density at radius 3 is 2.50 bits per heavy atom. The predicted octanol–water partition coefficient (Wildman–Crippen LogP) is 6.53. The van der Waals surface area contributed by atoms with Crippen molar-refractivity contribution >= 4 is 53.1 Å². The lowest BCUT2D eigenvalue weighted by Crippen LogP contribution is -2.37. The zero-order valence-corrected chi connectivity index (χ0v) is 26.1. The monoisotopic (exact) mass is 637 g/mol. The molecular formula is C31H33ClN5O6P. The number of rotatable bonds is 13. The number of nitrogen functional groups attached to an aromatic ring is 1. The van der Waals surface area contributed by atoms with Gasteiger partial charge in [-0.1, -0.05) is 54.1 Å². The van der Waals surface area contributed by atoms with Crippen LogP contribution in [0.4, 0.5) is 5.82 Å². The minimum atomic E-state index is -4.22. The molecule has 44 heavy (non-hydrogen) atoms. The lowest BCUT2D eigenvalue weighted by Gasteiger charge is -2.26. The third-order valence-electron chi connectivity index (χ3n) is 6.57. The average Bonchev–Trinajstić information content (AvgIpc) is 3.34. The number of fused-ring (bicyclic) bond motifs is 3. The molecule has 0 aliphatic carbocycles. The molecule has 0 amide bonds. The second-order valence-electron chi connectivity index (χ2n) is 10.0. The van der Waals surface area contributed by atoms with Gasteiger partial charge in [0, 0.05) is 17.0 Å². The molecule has 0 saturated heterocycles. The fourth-order valence-corrected chi connectivity index (χ4v) is 6.50. The Hall–Kier alpha value is -3.99. The Morgan fingerprint density at radius 1 is 1.02 bits per heavy atom. The van der Waals surface area contributed by atoms with Crippen molar-refractivity contribution in [2.24, 2.45) is 0 Å². The first kappa shape index (κ1) is 31.4. The van der Waals surface area contributed by atoms with Crippen LogP contribution >= 0.6 is 19.3 Å². The molecule has 3 N–H and O–H groups in total. The zero-order valence-electron chi connectivity index (χ0n) is 24.5. The summed E-state index contributed by atoms with van der Waals surface area (Å²) in [5.41, 5.74) is 8.29. The molecule has 0 aliphatic heterocycles. The molecule has 2 heterocycles. The number of carbonyl (C=O) groups excluding carboxylic acids is 1. The van der Waals surface area contributed by atoms with Gasteiger partial charge < -0.3 is 24.3 Å². The number of anilines is 1. The van der Waals surface area contributed by atoms with Crippen molar-refractivity contribution in [2.45, 2.75) is 46.1 Å². The topological polar surface area (TPSA) is 140 Å². The number of carbonyl (C=O) groups is 1. The van der Waals surface area contributed by atoms with Crippen LogP contribution in [0, 0.1) is 0 Å². The van der Waals surface area contributed by atoms with E-state index in [4.69, 9.17) is 40.8 Å². The molecule has 0 aliphatic rings. The second kappa shape index (κ2) is 13.8. The van der Waals surface area contributed by atoms with E-state index in [-0.39, 0.29) is 24.7 Å². The summed E-state index contributed by atoms with van der Waals surface area (Å²) in [5, 5.41) is 3.95. The summed E-state index contributed by atoms with van der Waals surface area (Å²) >= 11 is 6.15. The van der Waals surface area contributed by atoms with E-state index < -0.39 is 25.9 Å². The molecule has 0 bridgehead atoms. The third kappa shape index (κ3) is 7.38. The van der Waals surface area contributed by atoms with Crippen LogP contribution < -0.4 is 20.1 Å². The third-order valence-corrected chi connectivity index (χ3v) is 8.60. The highest BCUT2D eigenvalue weighted by Gasteiger charge is 2.35. The van der Waals surface area contributed by atoms with Crippen molar-refractivity contribution in [1.29, 1.82) is 0 Å². The molecular weight excluding hydrogens is 605 g/mol. The SMILES string of the molecule is CCOCc1nc2c(N)nc3ccccc3c2n1C[C@@H](C)O[P@@](=O)(N[C@@H](C)C(=O)Oc1ccccc1)Oc1cccc(Cl)c1. The van der Waals surface area contributed by atoms with Gasteiger partial charge in [-0.3, -0.25) is 4.52 Å². The van der Waals surface area contributed by atoms with E-state index in [1.807, 2.05) is 35.8 Å². The van der Waals surface area contributed by atoms with Gasteiger partial charge in [-0.25, -0.2) is 19.3 Å². The lowest BCUT2D eigenvalue weighted by atomic mass is 10.2. The summed E-state index contributed by atoms with van der Waals surface area (Å²) in [7, 11) is -4.22. The van der Waals surface area contributed by atoms with Crippen molar-refractivity contribution in [2.75, 3.05) is 12.3 Å². The average molecular weight is 638 g/mol. The van der Waals surface area contributed by atoms with Crippen LogP contribution in [0.1, 0.15) is 26.6 Å². The van der Waals surface area contributed by atoms with Crippen molar-refractivity contribution in [3.05, 3.63) is 89.7 Å². The Labute approximate surface area is 259 Å². The van der Waals surface area contributed by atoms with Gasteiger partial charge in [-0.15, -0.1) is 0 Å². The number of hydrogen-bond donors (Lipinski definition) is 2. The number of nitrogens with zero attached hydrogens (tertiary/aromatic N) is 3. The number of ether oxygens (including phenoxy) is 2. The molecule has 0 fully saturated rings. The first-order valence-electron chi connectivity index (χ1n) is 14.0. The summed E-state index contributed by atoms with van der Waals surface area (Å²) in [6.07, 6.45) is -0.726. The van der Waals surface area contributed by atoms with Gasteiger partial charge in [-0.2, -0.15) is 5.09 Å². The van der Waals surface area contributed by atoms with E-state index in [1.54, 1.807) is 55.5 Å². The standard InChI is InChI=1S/C31H33ClN5O6P/c1-4-40-19-27-35-28-29(25-15-8-9-16-26(25)34-30(28)33)37(27)18-20(2)42-44(39,43-24-14-10-11-22(32)17-24)36-21(3)31(38)41-23-12-6-5-7-13-23/h5-17,20-21H,4,18-19H2,1-3H3,(H2,33,34)(H,36,39)/t20-,21+,44+/m1/s1. The molecule has 3 aromatic carbocycles. The highest BCUT2D eigenvalue weighted by Crippen LogP contribution is 2.47. The number of hydrogen-bond acceptors (Lipinski definition) is 9. The normalized spacial score (nSPS) is 14.3. The maximum absolute atomic E-state index is 14.3. The molecule has 0 radical (unpaired) electrons. The van der Waals surface area contributed by atoms with E-state index in [0.717, 1.165) is 10.9 Å². The van der Waals surface area contributed by atoms with Gasteiger partial charge in [0.2, 0.25) is 0 Å². The smallest absolute Gasteiger partial charge is 0.425 e. The van der Waals surface area contributed by atoms with E-state index in [1.165, 1.54) is 13.0 Å². The van der Waals surface area contributed by atoms with Gasteiger partial charge in [-0.05, 0) is 57.2 Å². The summed E-state index contributed by atoms with van der Waals surface area (Å²) in [6.45, 7) is 6.03. The second-order valence-corrected chi connectivity index (χ2v) is 12.1. The van der Waals surface area contributed by atoms with E-state index >= 15 is 0 Å². The maximum Gasteiger partial charge on any atom is 0.459 e. The predicted molar refractivity (Wildman–Crippen MR) is 170 cm³/mol. The Kier molecular flexibility index (Phi) is 9.83. The molecule has 0 saturated carbocycles. The Bertz CT molecular complexity index is 1820. The summed E-state index contributed by atoms with van der Waals surface area (Å²) in [4.78, 5) is 22.2. The van der Waals surface area contributed by atoms with E-state index in [0.29, 0.717) is 34.2 Å². The van der Waals surface area contributed by atoms with Crippen LogP contribution in [-0.2, 0) is 31.8 Å². The summed E-state index contributed by atoms with van der Waals surface area (Å²) in [6, 6.07) is 21.5. The van der Waals surface area contributed by atoms with Crippen molar-refractivity contribution in [3.63, 3.8) is 0 Å². The molecule has 13 heteroatoms. The molecule has 0 unspecified atom stereocenters. The summed E-state index contributed by atoms with van der Waals surface area (Å²) < 4.78 is 39.3. The van der Waals surface area contributed by atoms with Crippen LogP contribution in [0.2, 0.25) is 5.02 Å². The van der Waals surface area contributed by atoms with Gasteiger partial charge in [0.25, 0.3) is 0 Å². The molecule has 230 valence electrons. The van der Waals surface area contributed by atoms with Crippen LogP contribution in [0.25, 0.3) is 21.9 Å². The highest BCUT2D eigenvalue weighted by atomic mass is 35.5. The summed E-state index contributed by atoms with van der Waals surface area (Å²) in [5.74, 6) is 0.753. The number of halogens is 1. The van der Waals surface area contributed by atoms with Crippen molar-refractivity contribution < 1.29 is 27.9 Å². The lowest BCUT2D eigenvalue weighted by molar-refractivity contribution is -0.136.